The second-order valence-corrected chi connectivity index (χ2v) is 7.03. The first kappa shape index (κ1) is 15.8. The van der Waals surface area contributed by atoms with Gasteiger partial charge < -0.3 is 5.73 Å². The topological polar surface area (TPSA) is 72.2 Å². The van der Waals surface area contributed by atoms with E-state index in [1.54, 1.807) is 13.0 Å². The Kier molecular flexibility index (Phi) is 4.56. The molecule has 0 aliphatic heterocycles. The van der Waals surface area contributed by atoms with E-state index in [1.165, 1.54) is 6.07 Å². The summed E-state index contributed by atoms with van der Waals surface area (Å²) < 4.78 is 27.4. The molecule has 0 aliphatic carbocycles. The van der Waals surface area contributed by atoms with Crippen LogP contribution in [-0.2, 0) is 16.6 Å². The Hall–Kier alpha value is -1.56. The fourth-order valence-electron chi connectivity index (χ4n) is 2.02. The first-order valence-corrected chi connectivity index (χ1v) is 8.27. The fourth-order valence-corrected chi connectivity index (χ4v) is 3.50. The van der Waals surface area contributed by atoms with E-state index in [0.717, 1.165) is 11.1 Å². The van der Waals surface area contributed by atoms with E-state index in [0.29, 0.717) is 10.6 Å². The molecule has 2 rings (SSSR count). The van der Waals surface area contributed by atoms with Crippen molar-refractivity contribution in [2.75, 3.05) is 5.73 Å². The summed E-state index contributed by atoms with van der Waals surface area (Å²) in [5.74, 6) is 0. The van der Waals surface area contributed by atoms with Gasteiger partial charge in [-0.1, -0.05) is 35.9 Å². The largest absolute Gasteiger partial charge is 0.397 e. The van der Waals surface area contributed by atoms with Crippen molar-refractivity contribution in [1.29, 1.82) is 0 Å². The zero-order chi connectivity index (χ0) is 15.6. The van der Waals surface area contributed by atoms with Crippen molar-refractivity contribution in [2.24, 2.45) is 0 Å². The van der Waals surface area contributed by atoms with Gasteiger partial charge in [-0.05, 0) is 42.7 Å². The van der Waals surface area contributed by atoms with Crippen molar-refractivity contribution >= 4 is 27.3 Å². The van der Waals surface area contributed by atoms with Gasteiger partial charge in [-0.3, -0.25) is 0 Å². The van der Waals surface area contributed by atoms with Crippen LogP contribution < -0.4 is 10.5 Å². The van der Waals surface area contributed by atoms with Gasteiger partial charge in [-0.15, -0.1) is 0 Å². The van der Waals surface area contributed by atoms with Crippen LogP contribution in [0.4, 0.5) is 5.69 Å². The first-order chi connectivity index (χ1) is 9.81. The van der Waals surface area contributed by atoms with Gasteiger partial charge in [0.2, 0.25) is 10.0 Å². The van der Waals surface area contributed by atoms with Crippen LogP contribution >= 0.6 is 11.6 Å². The molecule has 0 aromatic heterocycles. The van der Waals surface area contributed by atoms with Gasteiger partial charge in [-0.2, -0.15) is 0 Å². The molecule has 3 N–H and O–H groups in total. The number of rotatable bonds is 4. The molecule has 0 spiro atoms. The minimum atomic E-state index is -3.63. The Morgan fingerprint density at radius 2 is 1.81 bits per heavy atom. The molecule has 21 heavy (non-hydrogen) atoms. The van der Waals surface area contributed by atoms with Gasteiger partial charge >= 0.3 is 0 Å². The Morgan fingerprint density at radius 3 is 2.48 bits per heavy atom. The Labute approximate surface area is 130 Å². The van der Waals surface area contributed by atoms with Crippen molar-refractivity contribution in [3.63, 3.8) is 0 Å². The van der Waals surface area contributed by atoms with E-state index in [4.69, 9.17) is 17.3 Å². The molecule has 0 saturated heterocycles. The van der Waals surface area contributed by atoms with Gasteiger partial charge in [0, 0.05) is 6.54 Å². The first-order valence-electron chi connectivity index (χ1n) is 6.41. The molecule has 4 nitrogen and oxygen atoms in total. The highest BCUT2D eigenvalue weighted by molar-refractivity contribution is 7.89. The number of nitrogen functional groups attached to an aromatic ring is 1. The number of nitrogens with two attached hydrogens (primary N) is 1. The highest BCUT2D eigenvalue weighted by Gasteiger charge is 2.18. The maximum absolute atomic E-state index is 12.4. The van der Waals surface area contributed by atoms with E-state index in [-0.39, 0.29) is 17.1 Å². The van der Waals surface area contributed by atoms with Gasteiger partial charge in [0.1, 0.15) is 0 Å². The number of nitrogens with one attached hydrogen (secondary N) is 1. The maximum atomic E-state index is 12.4. The average molecular weight is 325 g/mol. The van der Waals surface area contributed by atoms with Crippen molar-refractivity contribution in [3.05, 3.63) is 58.1 Å². The van der Waals surface area contributed by atoms with Gasteiger partial charge in [-0.25, -0.2) is 13.1 Å². The molecule has 2 aromatic rings. The maximum Gasteiger partial charge on any atom is 0.241 e. The van der Waals surface area contributed by atoms with E-state index < -0.39 is 10.0 Å². The molecule has 6 heteroatoms. The van der Waals surface area contributed by atoms with Crippen molar-refractivity contribution < 1.29 is 8.42 Å². The van der Waals surface area contributed by atoms with Crippen LogP contribution in [0.15, 0.2) is 41.3 Å². The molecule has 0 unspecified atom stereocenters. The third-order valence-corrected chi connectivity index (χ3v) is 5.17. The van der Waals surface area contributed by atoms with Crippen molar-refractivity contribution in [2.45, 2.75) is 25.3 Å². The van der Waals surface area contributed by atoms with E-state index in [1.807, 2.05) is 31.2 Å². The molecule has 112 valence electrons. The summed E-state index contributed by atoms with van der Waals surface area (Å²) in [5, 5.41) is 0.352. The number of halogens is 1. The highest BCUT2D eigenvalue weighted by Crippen LogP contribution is 2.26. The van der Waals surface area contributed by atoms with Gasteiger partial charge in [0.25, 0.3) is 0 Å². The molecule has 0 heterocycles. The number of aryl methyl sites for hydroxylation is 2. The molecule has 0 atom stereocenters. The zero-order valence-electron chi connectivity index (χ0n) is 11.9. The Bertz CT molecular complexity index is 773. The summed E-state index contributed by atoms with van der Waals surface area (Å²) >= 11 is 5.89. The lowest BCUT2D eigenvalue weighted by Gasteiger charge is -2.12. The Morgan fingerprint density at radius 1 is 1.14 bits per heavy atom. The molecular formula is C15H17ClN2O2S. The van der Waals surface area contributed by atoms with Crippen molar-refractivity contribution in [1.82, 2.24) is 4.72 Å². The van der Waals surface area contributed by atoms with Crippen LogP contribution in [0.5, 0.6) is 0 Å². The summed E-state index contributed by atoms with van der Waals surface area (Å²) in [7, 11) is -3.63. The molecular weight excluding hydrogens is 308 g/mol. The van der Waals surface area contributed by atoms with Gasteiger partial charge in [0.05, 0.1) is 15.6 Å². The lowest BCUT2D eigenvalue weighted by atomic mass is 10.1. The minimum absolute atomic E-state index is 0.151. The SMILES string of the molecule is Cc1ccccc1CNS(=O)(=O)c1cc(N)c(Cl)cc1C. The predicted molar refractivity (Wildman–Crippen MR) is 85.8 cm³/mol. The normalized spacial score (nSPS) is 11.6. The smallest absolute Gasteiger partial charge is 0.241 e. The number of hydrogen-bond acceptors (Lipinski definition) is 3. The van der Waals surface area contributed by atoms with E-state index in [9.17, 15) is 8.42 Å². The second-order valence-electron chi connectivity index (χ2n) is 4.89. The molecule has 0 saturated carbocycles. The Balaban J connectivity index is 2.27. The summed E-state index contributed by atoms with van der Waals surface area (Å²) in [5.41, 5.74) is 8.47. The third kappa shape index (κ3) is 3.56. The highest BCUT2D eigenvalue weighted by atomic mass is 35.5. The van der Waals surface area contributed by atoms with Crippen LogP contribution in [0.3, 0.4) is 0 Å². The summed E-state index contributed by atoms with van der Waals surface area (Å²) in [6.07, 6.45) is 0. The third-order valence-electron chi connectivity index (χ3n) is 3.30. The van der Waals surface area contributed by atoms with Crippen molar-refractivity contribution in [3.8, 4) is 0 Å². The van der Waals surface area contributed by atoms with Crippen LogP contribution in [-0.4, -0.2) is 8.42 Å². The number of hydrogen-bond donors (Lipinski definition) is 2. The molecule has 0 bridgehead atoms. The minimum Gasteiger partial charge on any atom is -0.397 e. The van der Waals surface area contributed by atoms with E-state index >= 15 is 0 Å². The number of anilines is 1. The van der Waals surface area contributed by atoms with Crippen LogP contribution in [0.2, 0.25) is 5.02 Å². The number of benzene rings is 2. The summed E-state index contributed by atoms with van der Waals surface area (Å²) in [4.78, 5) is 0.151. The zero-order valence-corrected chi connectivity index (χ0v) is 13.4. The summed E-state index contributed by atoms with van der Waals surface area (Å²) in [6.45, 7) is 3.86. The molecule has 0 radical (unpaired) electrons. The molecule has 0 amide bonds. The molecule has 0 aliphatic rings. The molecule has 2 aromatic carbocycles. The monoisotopic (exact) mass is 324 g/mol. The lowest BCUT2D eigenvalue weighted by molar-refractivity contribution is 0.580. The van der Waals surface area contributed by atoms with Crippen LogP contribution in [0.1, 0.15) is 16.7 Å². The average Bonchev–Trinajstić information content (AvgIpc) is 2.42. The molecule has 0 fully saturated rings. The fraction of sp³-hybridized carbons (Fsp3) is 0.200. The quantitative estimate of drug-likeness (QED) is 0.849. The second kappa shape index (κ2) is 6.05. The van der Waals surface area contributed by atoms with Crippen LogP contribution in [0.25, 0.3) is 0 Å². The van der Waals surface area contributed by atoms with Crippen LogP contribution in [0, 0.1) is 13.8 Å². The number of sulfonamides is 1. The standard InChI is InChI=1S/C15H17ClN2O2S/c1-10-5-3-4-6-12(10)9-18-21(19,20)15-8-14(17)13(16)7-11(15)2/h3-8,18H,9,17H2,1-2H3. The van der Waals surface area contributed by atoms with Gasteiger partial charge in [0.15, 0.2) is 0 Å². The lowest BCUT2D eigenvalue weighted by Crippen LogP contribution is -2.24. The summed E-state index contributed by atoms with van der Waals surface area (Å²) in [6, 6.07) is 10.6. The predicted octanol–water partition coefficient (Wildman–Crippen LogP) is 3.02. The van der Waals surface area contributed by atoms with E-state index in [2.05, 4.69) is 4.72 Å².